The molecule has 1 heterocycles. The Bertz CT molecular complexity index is 957. The Morgan fingerprint density at radius 1 is 1.19 bits per heavy atom. The van der Waals surface area contributed by atoms with Gasteiger partial charge in [0, 0.05) is 24.9 Å². The van der Waals surface area contributed by atoms with E-state index in [2.05, 4.69) is 0 Å². The Morgan fingerprint density at radius 2 is 1.96 bits per heavy atom. The topological polar surface area (TPSA) is 57.6 Å². The van der Waals surface area contributed by atoms with Gasteiger partial charge in [0.25, 0.3) is 0 Å². The van der Waals surface area contributed by atoms with Crippen molar-refractivity contribution in [3.63, 3.8) is 0 Å². The highest BCUT2D eigenvalue weighted by Crippen LogP contribution is 2.36. The second kappa shape index (κ2) is 7.17. The Labute approximate surface area is 151 Å². The number of aromatic hydroxyl groups is 1. The average molecular weight is 379 g/mol. The lowest BCUT2D eigenvalue weighted by molar-refractivity contribution is 0.293. The van der Waals surface area contributed by atoms with Gasteiger partial charge in [-0.05, 0) is 41.5 Å². The molecule has 0 radical (unpaired) electrons. The van der Waals surface area contributed by atoms with Crippen LogP contribution in [0.4, 0.5) is 8.78 Å². The molecule has 0 saturated carbocycles. The molecule has 0 spiro atoms. The monoisotopic (exact) mass is 379 g/mol. The molecule has 1 atom stereocenters. The lowest BCUT2D eigenvalue weighted by Crippen LogP contribution is -2.30. The maximum Gasteiger partial charge on any atom is 0.148 e. The second-order valence-electron chi connectivity index (χ2n) is 6.46. The van der Waals surface area contributed by atoms with E-state index in [0.717, 1.165) is 30.0 Å². The van der Waals surface area contributed by atoms with Crippen molar-refractivity contribution in [2.24, 2.45) is 0 Å². The number of phenols is 1. The van der Waals surface area contributed by atoms with Crippen LogP contribution in [0.25, 0.3) is 5.57 Å². The van der Waals surface area contributed by atoms with Gasteiger partial charge in [-0.25, -0.2) is 17.2 Å². The summed E-state index contributed by atoms with van der Waals surface area (Å²) in [6.45, 7) is 0.534. The van der Waals surface area contributed by atoms with E-state index in [1.807, 2.05) is 4.90 Å². The van der Waals surface area contributed by atoms with Crippen LogP contribution in [-0.4, -0.2) is 43.5 Å². The highest BCUT2D eigenvalue weighted by molar-refractivity contribution is 7.90. The quantitative estimate of drug-likeness (QED) is 0.867. The van der Waals surface area contributed by atoms with E-state index in [4.69, 9.17) is 0 Å². The van der Waals surface area contributed by atoms with Gasteiger partial charge in [-0.3, -0.25) is 4.90 Å². The van der Waals surface area contributed by atoms with E-state index in [1.165, 1.54) is 6.07 Å². The highest BCUT2D eigenvalue weighted by Gasteiger charge is 2.29. The van der Waals surface area contributed by atoms with Crippen LogP contribution in [0.1, 0.15) is 17.2 Å². The molecule has 1 N–H and O–H groups in total. The van der Waals surface area contributed by atoms with Crippen molar-refractivity contribution in [3.05, 3.63) is 71.3 Å². The van der Waals surface area contributed by atoms with E-state index in [9.17, 15) is 22.3 Å². The van der Waals surface area contributed by atoms with Crippen LogP contribution in [0.2, 0.25) is 0 Å². The van der Waals surface area contributed by atoms with Gasteiger partial charge in [-0.1, -0.05) is 18.2 Å². The second-order valence-corrected chi connectivity index (χ2v) is 8.72. The first kappa shape index (κ1) is 18.5. The van der Waals surface area contributed by atoms with Gasteiger partial charge < -0.3 is 5.11 Å². The van der Waals surface area contributed by atoms with E-state index in [0.29, 0.717) is 5.57 Å². The number of benzene rings is 2. The lowest BCUT2D eigenvalue weighted by atomic mass is 10.0. The summed E-state index contributed by atoms with van der Waals surface area (Å²) >= 11 is 0. The van der Waals surface area contributed by atoms with Gasteiger partial charge >= 0.3 is 0 Å². The van der Waals surface area contributed by atoms with Gasteiger partial charge in [0.15, 0.2) is 0 Å². The SMILES string of the molecule is CS(=O)(=O)CCN1CC(c2cc(F)ccc2F)=C[C@H]1c1cccc(O)c1. The summed E-state index contributed by atoms with van der Waals surface area (Å²) < 4.78 is 50.8. The average Bonchev–Trinajstić information content (AvgIpc) is 2.99. The molecular weight excluding hydrogens is 360 g/mol. The molecule has 0 bridgehead atoms. The predicted octanol–water partition coefficient (Wildman–Crippen LogP) is 3.16. The van der Waals surface area contributed by atoms with Gasteiger partial charge in [-0.15, -0.1) is 0 Å². The van der Waals surface area contributed by atoms with Crippen molar-refractivity contribution in [2.75, 3.05) is 25.1 Å². The van der Waals surface area contributed by atoms with Crippen molar-refractivity contribution in [1.82, 2.24) is 4.90 Å². The lowest BCUT2D eigenvalue weighted by Gasteiger charge is -2.24. The minimum absolute atomic E-state index is 0.0466. The first-order valence-electron chi connectivity index (χ1n) is 8.10. The maximum absolute atomic E-state index is 14.2. The molecule has 3 rings (SSSR count). The van der Waals surface area contributed by atoms with E-state index in [-0.39, 0.29) is 36.2 Å². The first-order chi connectivity index (χ1) is 12.2. The number of halogens is 2. The normalized spacial score (nSPS) is 18.1. The molecule has 0 fully saturated rings. The fraction of sp³-hybridized carbons (Fsp3) is 0.263. The summed E-state index contributed by atoms with van der Waals surface area (Å²) in [7, 11) is -3.17. The Kier molecular flexibility index (Phi) is 5.11. The summed E-state index contributed by atoms with van der Waals surface area (Å²) in [5.74, 6) is -1.03. The third-order valence-electron chi connectivity index (χ3n) is 4.36. The molecule has 26 heavy (non-hydrogen) atoms. The zero-order valence-corrected chi connectivity index (χ0v) is 15.0. The van der Waals surface area contributed by atoms with Crippen LogP contribution >= 0.6 is 0 Å². The van der Waals surface area contributed by atoms with Crippen molar-refractivity contribution in [1.29, 1.82) is 0 Å². The molecule has 2 aromatic carbocycles. The fourth-order valence-electron chi connectivity index (χ4n) is 3.10. The van der Waals surface area contributed by atoms with Crippen molar-refractivity contribution in [3.8, 4) is 5.75 Å². The third kappa shape index (κ3) is 4.28. The fourth-order valence-corrected chi connectivity index (χ4v) is 3.67. The molecule has 0 unspecified atom stereocenters. The Hall–Kier alpha value is -2.25. The Balaban J connectivity index is 1.97. The summed E-state index contributed by atoms with van der Waals surface area (Å²) in [4.78, 5) is 1.87. The Morgan fingerprint density at radius 3 is 2.65 bits per heavy atom. The van der Waals surface area contributed by atoms with Crippen LogP contribution in [0.5, 0.6) is 5.75 Å². The van der Waals surface area contributed by atoms with Gasteiger partial charge in [0.2, 0.25) is 0 Å². The summed E-state index contributed by atoms with van der Waals surface area (Å²) in [6.07, 6.45) is 2.95. The van der Waals surface area contributed by atoms with Crippen LogP contribution in [0.15, 0.2) is 48.5 Å². The molecule has 1 aliphatic rings. The summed E-state index contributed by atoms with van der Waals surface area (Å²) in [6, 6.07) is 9.56. The van der Waals surface area contributed by atoms with Crippen LogP contribution in [-0.2, 0) is 9.84 Å². The molecule has 0 saturated heterocycles. The van der Waals surface area contributed by atoms with Crippen molar-refractivity contribution < 1.29 is 22.3 Å². The molecule has 7 heteroatoms. The number of phenolic OH excluding ortho intramolecular Hbond substituents is 1. The van der Waals surface area contributed by atoms with Crippen molar-refractivity contribution in [2.45, 2.75) is 6.04 Å². The molecule has 0 aromatic heterocycles. The zero-order chi connectivity index (χ0) is 18.9. The smallest absolute Gasteiger partial charge is 0.148 e. The molecule has 138 valence electrons. The van der Waals surface area contributed by atoms with Crippen LogP contribution in [0, 0.1) is 11.6 Å². The van der Waals surface area contributed by atoms with E-state index >= 15 is 0 Å². The third-order valence-corrected chi connectivity index (χ3v) is 5.29. The van der Waals surface area contributed by atoms with Gasteiger partial charge in [-0.2, -0.15) is 0 Å². The zero-order valence-electron chi connectivity index (χ0n) is 14.2. The van der Waals surface area contributed by atoms with Crippen LogP contribution < -0.4 is 0 Å². The molecule has 4 nitrogen and oxygen atoms in total. The van der Waals surface area contributed by atoms with Gasteiger partial charge in [0.1, 0.15) is 27.2 Å². The standard InChI is InChI=1S/C19H19F2NO3S/c1-26(24,25)8-7-22-12-14(17-11-15(20)5-6-18(17)21)10-19(22)13-3-2-4-16(23)9-13/h2-6,9-11,19,23H,7-8,12H2,1H3/t19-/m0/s1. The summed E-state index contributed by atoms with van der Waals surface area (Å²) in [5, 5.41) is 9.74. The predicted molar refractivity (Wildman–Crippen MR) is 96.5 cm³/mol. The minimum atomic E-state index is -3.17. The largest absolute Gasteiger partial charge is 0.508 e. The minimum Gasteiger partial charge on any atom is -0.508 e. The van der Waals surface area contributed by atoms with E-state index in [1.54, 1.807) is 24.3 Å². The molecule has 1 aliphatic heterocycles. The van der Waals surface area contributed by atoms with Crippen molar-refractivity contribution >= 4 is 15.4 Å². The summed E-state index contributed by atoms with van der Waals surface area (Å²) in [5.41, 5.74) is 1.51. The maximum atomic E-state index is 14.2. The van der Waals surface area contributed by atoms with E-state index < -0.39 is 21.5 Å². The molecule has 0 amide bonds. The van der Waals surface area contributed by atoms with Gasteiger partial charge in [0.05, 0.1) is 11.8 Å². The molecule has 2 aromatic rings. The number of sulfone groups is 1. The molecular formula is C19H19F2NO3S. The number of hydrogen-bond donors (Lipinski definition) is 1. The van der Waals surface area contributed by atoms with Crippen LogP contribution in [0.3, 0.4) is 0 Å². The number of rotatable bonds is 5. The number of hydrogen-bond acceptors (Lipinski definition) is 4. The number of nitrogens with zero attached hydrogens (tertiary/aromatic N) is 1. The molecule has 0 aliphatic carbocycles. The highest BCUT2D eigenvalue weighted by atomic mass is 32.2. The first-order valence-corrected chi connectivity index (χ1v) is 10.2.